The summed E-state index contributed by atoms with van der Waals surface area (Å²) in [6.45, 7) is 2.98. The Bertz CT molecular complexity index is 418. The van der Waals surface area contributed by atoms with E-state index < -0.39 is 19.2 Å². The first kappa shape index (κ1) is 13.4. The fourth-order valence-electron chi connectivity index (χ4n) is 1.10. The van der Waals surface area contributed by atoms with Crippen LogP contribution >= 0.6 is 0 Å². The van der Waals surface area contributed by atoms with Crippen molar-refractivity contribution in [3.05, 3.63) is 11.5 Å². The highest BCUT2D eigenvalue weighted by atomic mass is 19.4. The van der Waals surface area contributed by atoms with E-state index in [-0.39, 0.29) is 17.7 Å². The summed E-state index contributed by atoms with van der Waals surface area (Å²) in [4.78, 5) is 3.65. The molecule has 1 heterocycles. The molecule has 0 atom stereocenters. The Morgan fingerprint density at radius 3 is 2.53 bits per heavy atom. The highest BCUT2D eigenvalue weighted by molar-refractivity contribution is 5.27. The number of alkyl halides is 3. The Morgan fingerprint density at radius 2 is 2.12 bits per heavy atom. The fraction of sp³-hybridized carbons (Fsp3) is 0.600. The Balaban J connectivity index is 2.65. The third-order valence-corrected chi connectivity index (χ3v) is 1.88. The van der Waals surface area contributed by atoms with E-state index in [4.69, 9.17) is 14.4 Å². The third kappa shape index (κ3) is 3.98. The van der Waals surface area contributed by atoms with Crippen molar-refractivity contribution in [2.24, 2.45) is 0 Å². The molecule has 0 aliphatic rings. The molecule has 0 saturated heterocycles. The number of rotatable bonds is 4. The maximum absolute atomic E-state index is 11.9. The van der Waals surface area contributed by atoms with Crippen molar-refractivity contribution in [3.63, 3.8) is 0 Å². The highest BCUT2D eigenvalue weighted by Crippen LogP contribution is 2.25. The zero-order chi connectivity index (χ0) is 13.1. The van der Waals surface area contributed by atoms with Crippen molar-refractivity contribution in [1.29, 1.82) is 5.26 Å². The van der Waals surface area contributed by atoms with E-state index in [0.29, 0.717) is 5.76 Å². The van der Waals surface area contributed by atoms with Gasteiger partial charge >= 0.3 is 12.3 Å². The topological polar surface area (TPSA) is 59.1 Å². The van der Waals surface area contributed by atoms with Crippen LogP contribution in [0, 0.1) is 11.3 Å². The van der Waals surface area contributed by atoms with Gasteiger partial charge in [0.1, 0.15) is 18.4 Å². The van der Waals surface area contributed by atoms with E-state index in [9.17, 15) is 13.2 Å². The molecule has 0 bridgehead atoms. The van der Waals surface area contributed by atoms with Gasteiger partial charge < -0.3 is 9.15 Å². The lowest BCUT2D eigenvalue weighted by molar-refractivity contribution is -0.140. The van der Waals surface area contributed by atoms with Crippen LogP contribution < -0.4 is 4.74 Å². The summed E-state index contributed by atoms with van der Waals surface area (Å²) < 4.78 is 45.3. The van der Waals surface area contributed by atoms with E-state index in [1.165, 1.54) is 0 Å². The van der Waals surface area contributed by atoms with Crippen LogP contribution in [0.2, 0.25) is 0 Å². The van der Waals surface area contributed by atoms with Gasteiger partial charge in [0.25, 0.3) is 0 Å². The van der Waals surface area contributed by atoms with E-state index in [1.807, 2.05) is 0 Å². The highest BCUT2D eigenvalue weighted by Gasteiger charge is 2.27. The SMILES string of the molecule is CC(C)c1oc(OCCC(F)(F)F)nc1C#N. The Hall–Kier alpha value is -1.71. The average molecular weight is 248 g/mol. The van der Waals surface area contributed by atoms with Gasteiger partial charge in [-0.05, 0) is 0 Å². The normalized spacial score (nSPS) is 11.6. The summed E-state index contributed by atoms with van der Waals surface area (Å²) in [7, 11) is 0. The Morgan fingerprint density at radius 1 is 1.47 bits per heavy atom. The van der Waals surface area contributed by atoms with E-state index >= 15 is 0 Å². The second kappa shape index (κ2) is 5.08. The van der Waals surface area contributed by atoms with Crippen LogP contribution in [0.25, 0.3) is 0 Å². The Kier molecular flexibility index (Phi) is 3.99. The van der Waals surface area contributed by atoms with Crippen LogP contribution in [-0.2, 0) is 0 Å². The van der Waals surface area contributed by atoms with E-state index in [2.05, 4.69) is 4.98 Å². The van der Waals surface area contributed by atoms with Crippen molar-refractivity contribution in [2.45, 2.75) is 32.4 Å². The Labute approximate surface area is 96.0 Å². The molecule has 0 aliphatic heterocycles. The summed E-state index contributed by atoms with van der Waals surface area (Å²) in [5, 5.41) is 8.73. The molecular weight excluding hydrogens is 237 g/mol. The molecule has 0 aromatic carbocycles. The molecule has 1 rings (SSSR count). The summed E-state index contributed by atoms with van der Waals surface area (Å²) in [5.41, 5.74) is 0.0435. The minimum atomic E-state index is -4.29. The van der Waals surface area contributed by atoms with Gasteiger partial charge in [-0.2, -0.15) is 23.4 Å². The molecule has 17 heavy (non-hydrogen) atoms. The molecule has 7 heteroatoms. The van der Waals surface area contributed by atoms with Gasteiger partial charge in [-0.25, -0.2) is 0 Å². The molecule has 4 nitrogen and oxygen atoms in total. The lowest BCUT2D eigenvalue weighted by atomic mass is 10.1. The molecule has 0 saturated carbocycles. The first-order valence-corrected chi connectivity index (χ1v) is 4.94. The van der Waals surface area contributed by atoms with Crippen LogP contribution in [0.15, 0.2) is 4.42 Å². The minimum absolute atomic E-state index is 0.0435. The standard InChI is InChI=1S/C10H11F3N2O2/c1-6(2)8-7(5-14)15-9(17-8)16-4-3-10(11,12)13/h6H,3-4H2,1-2H3. The number of oxazole rings is 1. The third-order valence-electron chi connectivity index (χ3n) is 1.88. The molecule has 0 unspecified atom stereocenters. The van der Waals surface area contributed by atoms with Gasteiger partial charge in [0.05, 0.1) is 6.42 Å². The number of halogens is 3. The minimum Gasteiger partial charge on any atom is -0.450 e. The number of ether oxygens (including phenoxy) is 1. The molecule has 0 aliphatic carbocycles. The number of nitriles is 1. The van der Waals surface area contributed by atoms with Crippen LogP contribution in [0.4, 0.5) is 13.2 Å². The second-order valence-electron chi connectivity index (χ2n) is 3.67. The van der Waals surface area contributed by atoms with Crippen molar-refractivity contribution < 1.29 is 22.3 Å². The largest absolute Gasteiger partial charge is 0.450 e. The van der Waals surface area contributed by atoms with Gasteiger partial charge in [-0.15, -0.1) is 0 Å². The van der Waals surface area contributed by atoms with Crippen molar-refractivity contribution in [3.8, 4) is 12.1 Å². The molecule has 0 N–H and O–H groups in total. The summed E-state index contributed by atoms with van der Waals surface area (Å²) in [5.74, 6) is 0.228. The lowest BCUT2D eigenvalue weighted by Crippen LogP contribution is -2.13. The predicted molar refractivity (Wildman–Crippen MR) is 51.5 cm³/mol. The van der Waals surface area contributed by atoms with Crippen molar-refractivity contribution in [2.75, 3.05) is 6.61 Å². The summed E-state index contributed by atoms with van der Waals surface area (Å²) in [6, 6.07) is 1.80. The van der Waals surface area contributed by atoms with Crippen molar-refractivity contribution in [1.82, 2.24) is 4.98 Å². The lowest BCUT2D eigenvalue weighted by Gasteiger charge is -2.05. The quantitative estimate of drug-likeness (QED) is 0.821. The zero-order valence-electron chi connectivity index (χ0n) is 9.34. The van der Waals surface area contributed by atoms with Gasteiger partial charge in [0, 0.05) is 5.92 Å². The smallest absolute Gasteiger partial charge is 0.395 e. The van der Waals surface area contributed by atoms with E-state index in [0.717, 1.165) is 0 Å². The predicted octanol–water partition coefficient (Wildman–Crippen LogP) is 3.00. The van der Waals surface area contributed by atoms with Gasteiger partial charge in [0.15, 0.2) is 5.69 Å². The first-order chi connectivity index (χ1) is 7.83. The van der Waals surface area contributed by atoms with Crippen LogP contribution in [-0.4, -0.2) is 17.8 Å². The van der Waals surface area contributed by atoms with Gasteiger partial charge in [-0.1, -0.05) is 13.8 Å². The average Bonchev–Trinajstić information content (AvgIpc) is 2.59. The number of nitrogens with zero attached hydrogens (tertiary/aromatic N) is 2. The van der Waals surface area contributed by atoms with Crippen LogP contribution in [0.1, 0.15) is 37.6 Å². The molecule has 0 radical (unpaired) electrons. The molecule has 0 fully saturated rings. The molecular formula is C10H11F3N2O2. The summed E-state index contributed by atoms with van der Waals surface area (Å²) >= 11 is 0. The van der Waals surface area contributed by atoms with Gasteiger partial charge in [0.2, 0.25) is 0 Å². The summed E-state index contributed by atoms with van der Waals surface area (Å²) in [6.07, 6.45) is -5.67. The fourth-order valence-corrected chi connectivity index (χ4v) is 1.10. The first-order valence-electron chi connectivity index (χ1n) is 4.94. The van der Waals surface area contributed by atoms with Crippen LogP contribution in [0.3, 0.4) is 0 Å². The number of hydrogen-bond acceptors (Lipinski definition) is 4. The molecule has 1 aromatic heterocycles. The number of aromatic nitrogens is 1. The number of hydrogen-bond donors (Lipinski definition) is 0. The molecule has 0 amide bonds. The zero-order valence-corrected chi connectivity index (χ0v) is 9.34. The maximum atomic E-state index is 11.9. The van der Waals surface area contributed by atoms with Crippen molar-refractivity contribution >= 4 is 0 Å². The maximum Gasteiger partial charge on any atom is 0.395 e. The van der Waals surface area contributed by atoms with Crippen LogP contribution in [0.5, 0.6) is 6.08 Å². The molecule has 0 spiro atoms. The molecule has 94 valence electrons. The molecule has 1 aromatic rings. The van der Waals surface area contributed by atoms with Gasteiger partial charge in [-0.3, -0.25) is 0 Å². The monoisotopic (exact) mass is 248 g/mol. The second-order valence-corrected chi connectivity index (χ2v) is 3.67. The van der Waals surface area contributed by atoms with E-state index in [1.54, 1.807) is 19.9 Å².